The van der Waals surface area contributed by atoms with E-state index in [0.717, 1.165) is 18.2 Å². The summed E-state index contributed by atoms with van der Waals surface area (Å²) in [5, 5.41) is 0. The van der Waals surface area contributed by atoms with Crippen LogP contribution in [0.2, 0.25) is 0 Å². The summed E-state index contributed by atoms with van der Waals surface area (Å²) in [6, 6.07) is 3.36. The molecular formula is C10H9F2. The molecule has 0 aliphatic heterocycles. The number of allylic oxidation sites excluding steroid dienone is 1. The van der Waals surface area contributed by atoms with Crippen molar-refractivity contribution in [3.8, 4) is 0 Å². The Labute approximate surface area is 70.5 Å². The molecule has 0 fully saturated rings. The smallest absolute Gasteiger partial charge is 0.127 e. The number of hydrogen-bond acceptors (Lipinski definition) is 0. The second-order valence-electron chi connectivity index (χ2n) is 2.51. The fourth-order valence-corrected chi connectivity index (χ4v) is 0.910. The first kappa shape index (κ1) is 8.91. The average Bonchev–Trinajstić information content (AvgIpc) is 2.08. The topological polar surface area (TPSA) is 0 Å². The maximum atomic E-state index is 13.0. The largest absolute Gasteiger partial charge is 0.207 e. The molecule has 0 saturated carbocycles. The lowest BCUT2D eigenvalue weighted by molar-refractivity contribution is 0.591. The third kappa shape index (κ3) is 1.70. The highest BCUT2D eigenvalue weighted by Crippen LogP contribution is 2.19. The highest BCUT2D eigenvalue weighted by Gasteiger charge is 2.08. The zero-order valence-electron chi connectivity index (χ0n) is 6.77. The quantitative estimate of drug-likeness (QED) is 0.634. The van der Waals surface area contributed by atoms with Crippen molar-refractivity contribution < 1.29 is 8.78 Å². The van der Waals surface area contributed by atoms with Gasteiger partial charge in [-0.15, -0.1) is 6.58 Å². The van der Waals surface area contributed by atoms with Crippen molar-refractivity contribution in [3.63, 3.8) is 0 Å². The number of halogens is 2. The molecule has 0 saturated heterocycles. The Morgan fingerprint density at radius 3 is 2.67 bits per heavy atom. The van der Waals surface area contributed by atoms with Gasteiger partial charge in [0.2, 0.25) is 0 Å². The molecule has 1 aromatic carbocycles. The number of benzene rings is 1. The van der Waals surface area contributed by atoms with Gasteiger partial charge in [0, 0.05) is 11.5 Å². The van der Waals surface area contributed by atoms with Crippen LogP contribution in [0.5, 0.6) is 0 Å². The zero-order valence-corrected chi connectivity index (χ0v) is 6.77. The fraction of sp³-hybridized carbons (Fsp3) is 0.100. The first-order valence-corrected chi connectivity index (χ1v) is 3.56. The summed E-state index contributed by atoms with van der Waals surface area (Å²) in [5.41, 5.74) is 0.269. The summed E-state index contributed by atoms with van der Waals surface area (Å²) in [7, 11) is 0. The van der Waals surface area contributed by atoms with Crippen molar-refractivity contribution in [3.05, 3.63) is 54.0 Å². The minimum atomic E-state index is -0.437. The molecule has 0 bridgehead atoms. The maximum Gasteiger partial charge on any atom is 0.127 e. The third-order valence-corrected chi connectivity index (χ3v) is 1.66. The van der Waals surface area contributed by atoms with Crippen LogP contribution in [-0.4, -0.2) is 0 Å². The molecule has 0 nitrogen and oxygen atoms in total. The van der Waals surface area contributed by atoms with Crippen LogP contribution in [0.1, 0.15) is 12.5 Å². The Bertz CT molecular complexity index is 292. The number of rotatable bonds is 2. The fourth-order valence-electron chi connectivity index (χ4n) is 0.910. The van der Waals surface area contributed by atoms with Gasteiger partial charge in [0.15, 0.2) is 0 Å². The summed E-state index contributed by atoms with van der Waals surface area (Å²) in [4.78, 5) is 0. The van der Waals surface area contributed by atoms with Gasteiger partial charge in [-0.3, -0.25) is 0 Å². The van der Waals surface area contributed by atoms with Gasteiger partial charge in [0.25, 0.3) is 0 Å². The first-order chi connectivity index (χ1) is 5.65. The Balaban J connectivity index is 3.12. The van der Waals surface area contributed by atoms with Crippen molar-refractivity contribution in [1.29, 1.82) is 0 Å². The Hall–Kier alpha value is -1.18. The summed E-state index contributed by atoms with van der Waals surface area (Å²) < 4.78 is 25.6. The second kappa shape index (κ2) is 3.48. The Morgan fingerprint density at radius 1 is 1.42 bits per heavy atom. The standard InChI is InChI=1S/C10H9F2/c1-3-7(2)9-6-8(11)4-5-10(9)12/h3-6H,1H2,2H3. The maximum absolute atomic E-state index is 13.0. The highest BCUT2D eigenvalue weighted by atomic mass is 19.1. The van der Waals surface area contributed by atoms with Gasteiger partial charge in [-0.25, -0.2) is 8.78 Å². The molecular weight excluding hydrogens is 158 g/mol. The van der Waals surface area contributed by atoms with E-state index >= 15 is 0 Å². The lowest BCUT2D eigenvalue weighted by Crippen LogP contribution is -1.95. The normalized spacial score (nSPS) is 10.3. The molecule has 0 atom stereocenters. The number of hydrogen-bond donors (Lipinski definition) is 0. The minimum absolute atomic E-state index is 0.269. The molecule has 12 heavy (non-hydrogen) atoms. The van der Waals surface area contributed by atoms with E-state index in [1.165, 1.54) is 6.08 Å². The molecule has 0 amide bonds. The van der Waals surface area contributed by atoms with E-state index in [1.54, 1.807) is 6.92 Å². The predicted octanol–water partition coefficient (Wildman–Crippen LogP) is 3.09. The van der Waals surface area contributed by atoms with Crippen molar-refractivity contribution in [1.82, 2.24) is 0 Å². The van der Waals surface area contributed by atoms with E-state index in [4.69, 9.17) is 0 Å². The zero-order chi connectivity index (χ0) is 9.14. The molecule has 1 aromatic rings. The molecule has 0 aliphatic rings. The predicted molar refractivity (Wildman–Crippen MR) is 44.6 cm³/mol. The van der Waals surface area contributed by atoms with Gasteiger partial charge < -0.3 is 0 Å². The molecule has 0 heterocycles. The monoisotopic (exact) mass is 167 g/mol. The van der Waals surface area contributed by atoms with Crippen molar-refractivity contribution in [2.45, 2.75) is 6.92 Å². The van der Waals surface area contributed by atoms with Crippen LogP contribution in [0.4, 0.5) is 8.78 Å². The Kier molecular flexibility index (Phi) is 2.58. The molecule has 2 heteroatoms. The molecule has 0 spiro atoms. The van der Waals surface area contributed by atoms with Crippen molar-refractivity contribution >= 4 is 0 Å². The van der Waals surface area contributed by atoms with Crippen molar-refractivity contribution in [2.24, 2.45) is 0 Å². The van der Waals surface area contributed by atoms with Crippen LogP contribution in [0, 0.1) is 17.6 Å². The van der Waals surface area contributed by atoms with Crippen LogP contribution in [0.3, 0.4) is 0 Å². The SMILES string of the molecule is C=C[C](C)c1cc(F)ccc1F. The summed E-state index contributed by atoms with van der Waals surface area (Å²) >= 11 is 0. The van der Waals surface area contributed by atoms with Crippen LogP contribution >= 0.6 is 0 Å². The van der Waals surface area contributed by atoms with Gasteiger partial charge >= 0.3 is 0 Å². The first-order valence-electron chi connectivity index (χ1n) is 3.56. The summed E-state index contributed by atoms with van der Waals surface area (Å²) in [6.45, 7) is 5.17. The van der Waals surface area contributed by atoms with E-state index in [9.17, 15) is 8.78 Å². The molecule has 1 rings (SSSR count). The van der Waals surface area contributed by atoms with Crippen LogP contribution < -0.4 is 0 Å². The summed E-state index contributed by atoms with van der Waals surface area (Å²) in [5.74, 6) is -0.228. The third-order valence-electron chi connectivity index (χ3n) is 1.66. The molecule has 63 valence electrons. The van der Waals surface area contributed by atoms with Gasteiger partial charge in [-0.05, 0) is 18.2 Å². The lowest BCUT2D eigenvalue weighted by atomic mass is 10.0. The van der Waals surface area contributed by atoms with Crippen LogP contribution in [0.25, 0.3) is 0 Å². The molecule has 0 unspecified atom stereocenters. The highest BCUT2D eigenvalue weighted by molar-refractivity contribution is 5.36. The summed E-state index contributed by atoms with van der Waals surface area (Å²) in [6.07, 6.45) is 1.50. The van der Waals surface area contributed by atoms with E-state index in [1.807, 2.05) is 0 Å². The molecule has 0 aromatic heterocycles. The minimum Gasteiger partial charge on any atom is -0.207 e. The van der Waals surface area contributed by atoms with E-state index in [0.29, 0.717) is 5.92 Å². The molecule has 1 radical (unpaired) electrons. The van der Waals surface area contributed by atoms with Gasteiger partial charge in [-0.2, -0.15) is 0 Å². The van der Waals surface area contributed by atoms with Crippen LogP contribution in [-0.2, 0) is 0 Å². The van der Waals surface area contributed by atoms with Gasteiger partial charge in [0.05, 0.1) is 0 Å². The second-order valence-corrected chi connectivity index (χ2v) is 2.51. The average molecular weight is 167 g/mol. The molecule has 0 aliphatic carbocycles. The van der Waals surface area contributed by atoms with E-state index in [2.05, 4.69) is 6.58 Å². The molecule has 0 N–H and O–H groups in total. The van der Waals surface area contributed by atoms with Crippen LogP contribution in [0.15, 0.2) is 30.9 Å². The Morgan fingerprint density at radius 2 is 2.08 bits per heavy atom. The van der Waals surface area contributed by atoms with Crippen molar-refractivity contribution in [2.75, 3.05) is 0 Å². The van der Waals surface area contributed by atoms with E-state index < -0.39 is 11.6 Å². The van der Waals surface area contributed by atoms with Gasteiger partial charge in [-0.1, -0.05) is 13.0 Å². The van der Waals surface area contributed by atoms with E-state index in [-0.39, 0.29) is 5.56 Å². The van der Waals surface area contributed by atoms with Gasteiger partial charge in [0.1, 0.15) is 11.6 Å². The lowest BCUT2D eigenvalue weighted by Gasteiger charge is -2.06.